The molecule has 0 aromatic rings. The molecule has 0 saturated heterocycles. The third-order valence-electron chi connectivity index (χ3n) is 3.56. The van der Waals surface area contributed by atoms with Crippen molar-refractivity contribution in [2.45, 2.75) is 44.4 Å². The van der Waals surface area contributed by atoms with Gasteiger partial charge in [-0.25, -0.2) is 8.42 Å². The number of esters is 1. The van der Waals surface area contributed by atoms with E-state index in [9.17, 15) is 13.2 Å². The van der Waals surface area contributed by atoms with Crippen LogP contribution in [-0.4, -0.2) is 55.4 Å². The van der Waals surface area contributed by atoms with Crippen molar-refractivity contribution in [2.75, 3.05) is 20.3 Å². The number of hydrogen-bond donors (Lipinski definition) is 1. The molecule has 112 valence electrons. The number of carbonyl (C=O) groups excluding carboxylic acids is 1. The van der Waals surface area contributed by atoms with E-state index in [-0.39, 0.29) is 19.2 Å². The average Bonchev–Trinajstić information content (AvgIpc) is 2.84. The summed E-state index contributed by atoms with van der Waals surface area (Å²) < 4.78 is 31.2. The first-order chi connectivity index (χ1) is 8.86. The van der Waals surface area contributed by atoms with Gasteiger partial charge in [0.05, 0.1) is 24.9 Å². The minimum atomic E-state index is -3.59. The van der Waals surface area contributed by atoms with Crippen molar-refractivity contribution in [3.05, 3.63) is 0 Å². The second-order valence-corrected chi connectivity index (χ2v) is 7.18. The highest BCUT2D eigenvalue weighted by molar-refractivity contribution is 7.89. The van der Waals surface area contributed by atoms with Crippen molar-refractivity contribution in [2.24, 2.45) is 5.92 Å². The molecule has 1 rings (SSSR count). The Hall–Kier alpha value is -0.660. The maximum Gasteiger partial charge on any atom is 0.310 e. The first-order valence-corrected chi connectivity index (χ1v) is 8.06. The number of carbonyl (C=O) groups is 1. The second-order valence-electron chi connectivity index (χ2n) is 5.07. The number of rotatable bonds is 6. The third-order valence-corrected chi connectivity index (χ3v) is 6.15. The Morgan fingerprint density at radius 2 is 2.05 bits per heavy atom. The van der Waals surface area contributed by atoms with Crippen LogP contribution in [0.4, 0.5) is 0 Å². The normalized spacial score (nSPS) is 24.1. The van der Waals surface area contributed by atoms with Gasteiger partial charge in [-0.2, -0.15) is 4.31 Å². The lowest BCUT2D eigenvalue weighted by molar-refractivity contribution is -0.145. The van der Waals surface area contributed by atoms with Crippen molar-refractivity contribution >= 4 is 16.0 Å². The summed E-state index contributed by atoms with van der Waals surface area (Å²) in [5, 5.41) is 8.29. The summed E-state index contributed by atoms with van der Waals surface area (Å²) in [6.45, 7) is 3.35. The van der Waals surface area contributed by atoms with Gasteiger partial charge in [0.25, 0.3) is 0 Å². The van der Waals surface area contributed by atoms with Gasteiger partial charge in [-0.05, 0) is 26.7 Å². The van der Waals surface area contributed by atoms with E-state index in [1.54, 1.807) is 13.8 Å². The maximum absolute atomic E-state index is 12.6. The first-order valence-electron chi connectivity index (χ1n) is 6.55. The van der Waals surface area contributed by atoms with E-state index in [2.05, 4.69) is 4.74 Å². The van der Waals surface area contributed by atoms with Crippen LogP contribution in [0, 0.1) is 5.92 Å². The number of aliphatic hydroxyl groups excluding tert-OH is 1. The number of hydrogen-bond acceptors (Lipinski definition) is 5. The van der Waals surface area contributed by atoms with Crippen molar-refractivity contribution in [3.63, 3.8) is 0 Å². The van der Waals surface area contributed by atoms with Gasteiger partial charge in [0, 0.05) is 12.6 Å². The predicted octanol–water partition coefficient (Wildman–Crippen LogP) is 0.361. The first kappa shape index (κ1) is 16.4. The summed E-state index contributed by atoms with van der Waals surface area (Å²) in [6.07, 6.45) is 1.72. The smallest absolute Gasteiger partial charge is 0.310 e. The number of ether oxygens (including phenoxy) is 1. The second kappa shape index (κ2) is 6.67. The van der Waals surface area contributed by atoms with Crippen LogP contribution in [0.15, 0.2) is 0 Å². The van der Waals surface area contributed by atoms with Gasteiger partial charge in [0.1, 0.15) is 0 Å². The molecule has 1 aliphatic carbocycles. The SMILES string of the molecule is COC(=O)C1CCCC1S(=O)(=O)N(CCO)C(C)C. The monoisotopic (exact) mass is 293 g/mol. The molecule has 0 bridgehead atoms. The summed E-state index contributed by atoms with van der Waals surface area (Å²) in [5.74, 6) is -1.05. The van der Waals surface area contributed by atoms with E-state index in [1.807, 2.05) is 0 Å². The largest absolute Gasteiger partial charge is 0.469 e. The quantitative estimate of drug-likeness (QED) is 0.715. The average molecular weight is 293 g/mol. The van der Waals surface area contributed by atoms with Gasteiger partial charge in [0.2, 0.25) is 10.0 Å². The Bertz CT molecular complexity index is 406. The van der Waals surface area contributed by atoms with E-state index in [4.69, 9.17) is 5.11 Å². The molecular formula is C12H23NO5S. The van der Waals surface area contributed by atoms with E-state index in [0.717, 1.165) is 0 Å². The van der Waals surface area contributed by atoms with Gasteiger partial charge in [-0.3, -0.25) is 4.79 Å². The number of methoxy groups -OCH3 is 1. The Labute approximate surface area is 114 Å². The highest BCUT2D eigenvalue weighted by atomic mass is 32.2. The van der Waals surface area contributed by atoms with Crippen molar-refractivity contribution in [3.8, 4) is 0 Å². The minimum absolute atomic E-state index is 0.0599. The minimum Gasteiger partial charge on any atom is -0.469 e. The Balaban J connectivity index is 3.00. The molecule has 1 N–H and O–H groups in total. The fourth-order valence-electron chi connectivity index (χ4n) is 2.66. The van der Waals surface area contributed by atoms with Gasteiger partial charge >= 0.3 is 5.97 Å². The lowest BCUT2D eigenvalue weighted by Crippen LogP contribution is -2.46. The van der Waals surface area contributed by atoms with Gasteiger partial charge < -0.3 is 9.84 Å². The van der Waals surface area contributed by atoms with Crippen LogP contribution in [0.3, 0.4) is 0 Å². The molecular weight excluding hydrogens is 270 g/mol. The lowest BCUT2D eigenvalue weighted by atomic mass is 10.1. The fraction of sp³-hybridized carbons (Fsp3) is 0.917. The zero-order valence-corrected chi connectivity index (χ0v) is 12.5. The molecule has 0 aromatic heterocycles. The van der Waals surface area contributed by atoms with Crippen molar-refractivity contribution in [1.82, 2.24) is 4.31 Å². The van der Waals surface area contributed by atoms with Gasteiger partial charge in [-0.15, -0.1) is 0 Å². The van der Waals surface area contributed by atoms with Crippen LogP contribution in [-0.2, 0) is 19.6 Å². The third kappa shape index (κ3) is 3.46. The molecule has 2 unspecified atom stereocenters. The highest BCUT2D eigenvalue weighted by Crippen LogP contribution is 2.34. The fourth-order valence-corrected chi connectivity index (χ4v) is 5.05. The molecule has 1 saturated carbocycles. The van der Waals surface area contributed by atoms with Crippen LogP contribution < -0.4 is 0 Å². The van der Waals surface area contributed by atoms with Crippen LogP contribution >= 0.6 is 0 Å². The van der Waals surface area contributed by atoms with Crippen LogP contribution in [0.25, 0.3) is 0 Å². The summed E-state index contributed by atoms with van der Waals surface area (Å²) in [4.78, 5) is 11.7. The van der Waals surface area contributed by atoms with Crippen LogP contribution in [0.5, 0.6) is 0 Å². The Morgan fingerprint density at radius 3 is 2.53 bits per heavy atom. The molecule has 6 nitrogen and oxygen atoms in total. The number of aliphatic hydroxyl groups is 1. The number of nitrogens with zero attached hydrogens (tertiary/aromatic N) is 1. The Morgan fingerprint density at radius 1 is 1.42 bits per heavy atom. The van der Waals surface area contributed by atoms with Crippen molar-refractivity contribution < 1.29 is 23.1 Å². The number of sulfonamides is 1. The molecule has 0 aromatic carbocycles. The van der Waals surface area contributed by atoms with E-state index in [0.29, 0.717) is 19.3 Å². The molecule has 0 radical (unpaired) electrons. The summed E-state index contributed by atoms with van der Waals surface area (Å²) in [7, 11) is -2.32. The molecule has 19 heavy (non-hydrogen) atoms. The standard InChI is InChI=1S/C12H23NO5S/c1-9(2)13(7-8-14)19(16,17)11-6-4-5-10(11)12(15)18-3/h9-11,14H,4-8H2,1-3H3. The summed E-state index contributed by atoms with van der Waals surface area (Å²) >= 11 is 0. The topological polar surface area (TPSA) is 83.9 Å². The van der Waals surface area contributed by atoms with Crippen molar-refractivity contribution in [1.29, 1.82) is 0 Å². The predicted molar refractivity (Wildman–Crippen MR) is 71.0 cm³/mol. The lowest BCUT2D eigenvalue weighted by Gasteiger charge is -2.30. The molecule has 0 aliphatic heterocycles. The molecule has 0 heterocycles. The molecule has 2 atom stereocenters. The summed E-state index contributed by atoms with van der Waals surface area (Å²) in [6, 6.07) is -0.240. The van der Waals surface area contributed by atoms with Crippen LogP contribution in [0.1, 0.15) is 33.1 Å². The molecule has 1 aliphatic rings. The molecule has 1 fully saturated rings. The Kier molecular flexibility index (Phi) is 5.76. The maximum atomic E-state index is 12.6. The molecule has 0 spiro atoms. The summed E-state index contributed by atoms with van der Waals surface area (Å²) in [5.41, 5.74) is 0. The van der Waals surface area contributed by atoms with Crippen LogP contribution in [0.2, 0.25) is 0 Å². The van der Waals surface area contributed by atoms with Gasteiger partial charge in [0.15, 0.2) is 0 Å². The van der Waals surface area contributed by atoms with E-state index >= 15 is 0 Å². The van der Waals surface area contributed by atoms with E-state index in [1.165, 1.54) is 11.4 Å². The van der Waals surface area contributed by atoms with Gasteiger partial charge in [-0.1, -0.05) is 6.42 Å². The molecule has 7 heteroatoms. The highest BCUT2D eigenvalue weighted by Gasteiger charge is 2.45. The zero-order chi connectivity index (χ0) is 14.6. The molecule has 0 amide bonds. The zero-order valence-electron chi connectivity index (χ0n) is 11.7. The van der Waals surface area contributed by atoms with E-state index < -0.39 is 27.2 Å².